The van der Waals surface area contributed by atoms with Crippen LogP contribution in [0, 0.1) is 22.7 Å². The lowest BCUT2D eigenvalue weighted by Gasteiger charge is -2.32. The number of para-hydroxylation sites is 1. The quantitative estimate of drug-likeness (QED) is 0.0759. The van der Waals surface area contributed by atoms with Crippen LogP contribution in [0.25, 0.3) is 20.7 Å². The fourth-order valence-corrected chi connectivity index (χ4v) is 11.4. The number of likely N-dealkylation sites (N-methyl/N-ethyl adjacent to an activating group) is 1. The van der Waals surface area contributed by atoms with Gasteiger partial charge >= 0.3 is 0 Å². The van der Waals surface area contributed by atoms with Gasteiger partial charge in [-0.1, -0.05) is 83.2 Å². The van der Waals surface area contributed by atoms with Gasteiger partial charge in [0.25, 0.3) is 0 Å². The van der Waals surface area contributed by atoms with Crippen LogP contribution < -0.4 is 35.5 Å². The van der Waals surface area contributed by atoms with Crippen LogP contribution in [-0.2, 0) is 13.0 Å². The second kappa shape index (κ2) is 23.9. The Labute approximate surface area is 459 Å². The number of piperidine rings is 1. The first kappa shape index (κ1) is 51.1. The molecule has 2 saturated heterocycles. The summed E-state index contributed by atoms with van der Waals surface area (Å²) in [7, 11) is 2.18. The predicted molar refractivity (Wildman–Crippen MR) is 308 cm³/mol. The van der Waals surface area contributed by atoms with Crippen LogP contribution in [0.2, 0.25) is 5.02 Å². The molecule has 2 fully saturated rings. The molecule has 0 radical (unpaired) electrons. The Hall–Kier alpha value is -8.07. The highest BCUT2D eigenvalue weighted by molar-refractivity contribution is 7.23. The van der Waals surface area contributed by atoms with Gasteiger partial charge in [-0.25, -0.2) is 9.97 Å². The third-order valence-electron chi connectivity index (χ3n) is 13.5. The van der Waals surface area contributed by atoms with E-state index in [1.54, 1.807) is 18.3 Å². The number of anilines is 8. The summed E-state index contributed by atoms with van der Waals surface area (Å²) in [6.45, 7) is 9.05. The Morgan fingerprint density at radius 1 is 0.597 bits per heavy atom. The molecule has 0 amide bonds. The fraction of sp³-hybridized carbons (Fsp3) is 0.241. The number of ether oxygens (including phenoxy) is 3. The molecule has 0 bridgehead atoms. The molecule has 9 aromatic rings. The van der Waals surface area contributed by atoms with E-state index >= 15 is 0 Å². The fourth-order valence-electron chi connectivity index (χ4n) is 9.27. The van der Waals surface area contributed by atoms with Gasteiger partial charge < -0.3 is 45.3 Å². The van der Waals surface area contributed by atoms with Crippen LogP contribution in [-0.4, -0.2) is 94.3 Å². The van der Waals surface area contributed by atoms with Crippen LogP contribution in [0.1, 0.15) is 41.5 Å². The van der Waals surface area contributed by atoms with Crippen molar-refractivity contribution in [2.75, 3.05) is 80.9 Å². The van der Waals surface area contributed by atoms with Crippen molar-refractivity contribution in [1.82, 2.24) is 34.6 Å². The van der Waals surface area contributed by atoms with E-state index in [1.807, 2.05) is 54.6 Å². The number of likely N-dealkylation sites (tertiary alicyclic amines) is 1. The first-order chi connectivity index (χ1) is 37.8. The van der Waals surface area contributed by atoms with Crippen LogP contribution in [0.4, 0.5) is 44.4 Å². The number of pyridine rings is 2. The van der Waals surface area contributed by atoms with E-state index in [2.05, 4.69) is 124 Å². The molecule has 0 aliphatic carbocycles. The van der Waals surface area contributed by atoms with Gasteiger partial charge in [-0.05, 0) is 123 Å². The summed E-state index contributed by atoms with van der Waals surface area (Å²) < 4.78 is 18.6. The van der Waals surface area contributed by atoms with Crippen molar-refractivity contribution in [3.05, 3.63) is 155 Å². The van der Waals surface area contributed by atoms with Gasteiger partial charge in [0.15, 0.2) is 33.1 Å². The minimum absolute atomic E-state index is 0.118. The summed E-state index contributed by atoms with van der Waals surface area (Å²) in [5, 5.41) is 34.9. The molecule has 3 aliphatic rings. The summed E-state index contributed by atoms with van der Waals surface area (Å²) in [4.78, 5) is 25.6. The highest BCUT2D eigenvalue weighted by Crippen LogP contribution is 2.47. The van der Waals surface area contributed by atoms with Gasteiger partial charge in [0.05, 0.1) is 27.5 Å². The molecule has 12 rings (SSSR count). The van der Waals surface area contributed by atoms with Crippen LogP contribution in [0.15, 0.2) is 128 Å². The standard InChI is InChI=1S/C31H29N7OS.C27H25ClN6O2S/c1-37-15-17-38(18-16-37)21-22-7-9-25(10-8-22)35-31-36-30-29(40-31)28(23(19-32)20-33-30)34-24-11-13-27(14-12-24)39-26-5-3-2-4-6-26;28-20-8-9-21-24(36-16-35-21)23(20)32-22-18(14-29)15-30-26-25(22)37-27(33-26)31-19-6-4-17(5-7-19)10-13-34-11-2-1-3-12-34/h2-14,20H,15-18,21H2,1H3,(H2,33,34,35,36);4-9,15H,1-3,10-13,16H2,(H2,30,31,32,33). The summed E-state index contributed by atoms with van der Waals surface area (Å²) in [6.07, 6.45) is 8.12. The molecule has 388 valence electrons. The van der Waals surface area contributed by atoms with Crippen molar-refractivity contribution in [3.63, 3.8) is 0 Å². The lowest BCUT2D eigenvalue weighted by molar-refractivity contribution is 0.148. The Balaban J connectivity index is 0.000000164. The minimum Gasteiger partial charge on any atom is -0.457 e. The number of thiazole rings is 2. The van der Waals surface area contributed by atoms with Crippen LogP contribution in [0.5, 0.6) is 23.0 Å². The monoisotopic (exact) mass is 1080 g/mol. The van der Waals surface area contributed by atoms with E-state index in [4.69, 9.17) is 25.8 Å². The first-order valence-corrected chi connectivity index (χ1v) is 27.5. The summed E-state index contributed by atoms with van der Waals surface area (Å²) in [5.74, 6) is 2.63. The zero-order valence-electron chi connectivity index (χ0n) is 42.3. The van der Waals surface area contributed by atoms with Crippen molar-refractivity contribution >= 4 is 99.4 Å². The van der Waals surface area contributed by atoms with E-state index in [-0.39, 0.29) is 6.79 Å². The molecule has 0 unspecified atom stereocenters. The normalized spacial score (nSPS) is 14.5. The molecule has 4 aromatic heterocycles. The van der Waals surface area contributed by atoms with Crippen molar-refractivity contribution in [2.24, 2.45) is 0 Å². The average molecular weight is 1080 g/mol. The van der Waals surface area contributed by atoms with E-state index in [0.717, 1.165) is 88.8 Å². The Bertz CT molecular complexity index is 3570. The molecule has 7 heterocycles. The van der Waals surface area contributed by atoms with E-state index in [1.165, 1.54) is 72.3 Å². The maximum absolute atomic E-state index is 9.78. The van der Waals surface area contributed by atoms with Crippen LogP contribution >= 0.6 is 34.3 Å². The van der Waals surface area contributed by atoms with Gasteiger partial charge in [0.1, 0.15) is 38.7 Å². The average Bonchev–Trinajstić information content (AvgIpc) is 4.28. The number of rotatable bonds is 15. The summed E-state index contributed by atoms with van der Waals surface area (Å²) in [6, 6.07) is 42.3. The van der Waals surface area contributed by atoms with Gasteiger partial charge in [-0.15, -0.1) is 0 Å². The number of hydrogen-bond donors (Lipinski definition) is 4. The molecule has 4 N–H and O–H groups in total. The SMILES string of the molecule is CN1CCN(Cc2ccc(Nc3nc4ncc(C#N)c(Nc5ccc(Oc6ccccc6)cc5)c4s3)cc2)CC1.N#Cc1cnc2nc(Nc3ccc(CCN4CCCCC4)cc3)sc2c1Nc1c(Cl)ccc2c1OCO2. The highest BCUT2D eigenvalue weighted by Gasteiger charge is 2.24. The zero-order valence-corrected chi connectivity index (χ0v) is 44.6. The van der Waals surface area contributed by atoms with E-state index < -0.39 is 0 Å². The number of fused-ring (bicyclic) bond motifs is 3. The van der Waals surface area contributed by atoms with Gasteiger partial charge in [0, 0.05) is 68.7 Å². The maximum Gasteiger partial charge on any atom is 0.231 e. The summed E-state index contributed by atoms with van der Waals surface area (Å²) >= 11 is 9.36. The van der Waals surface area contributed by atoms with Crippen molar-refractivity contribution in [1.29, 1.82) is 10.5 Å². The van der Waals surface area contributed by atoms with E-state index in [9.17, 15) is 10.5 Å². The third-order valence-corrected chi connectivity index (χ3v) is 15.8. The molecular weight excluding hydrogens is 1030 g/mol. The second-order valence-corrected chi connectivity index (χ2v) is 21.3. The third kappa shape index (κ3) is 12.5. The van der Waals surface area contributed by atoms with Crippen molar-refractivity contribution in [3.8, 4) is 35.1 Å². The number of halogens is 1. The predicted octanol–water partition coefficient (Wildman–Crippen LogP) is 13.1. The van der Waals surface area contributed by atoms with Gasteiger partial charge in [0.2, 0.25) is 6.79 Å². The molecule has 0 saturated carbocycles. The topological polar surface area (TPSA) is 185 Å². The molecule has 0 spiro atoms. The zero-order chi connectivity index (χ0) is 52.5. The Morgan fingerprint density at radius 2 is 1.17 bits per heavy atom. The van der Waals surface area contributed by atoms with Gasteiger partial charge in [-0.3, -0.25) is 4.90 Å². The number of nitriles is 2. The Morgan fingerprint density at radius 3 is 1.79 bits per heavy atom. The lowest BCUT2D eigenvalue weighted by Crippen LogP contribution is -2.43. The number of hydrogen-bond acceptors (Lipinski definition) is 18. The molecular formula is C58H54ClN13O3S2. The van der Waals surface area contributed by atoms with Crippen molar-refractivity contribution < 1.29 is 14.2 Å². The molecule has 19 heteroatoms. The molecule has 3 aliphatic heterocycles. The minimum atomic E-state index is 0.118. The number of aromatic nitrogens is 4. The largest absolute Gasteiger partial charge is 0.457 e. The molecule has 77 heavy (non-hydrogen) atoms. The second-order valence-electron chi connectivity index (χ2n) is 18.9. The Kier molecular flexibility index (Phi) is 15.8. The highest BCUT2D eigenvalue weighted by atomic mass is 35.5. The molecule has 5 aromatic carbocycles. The molecule has 16 nitrogen and oxygen atoms in total. The number of nitrogens with one attached hydrogen (secondary N) is 4. The number of benzene rings is 5. The molecule has 0 atom stereocenters. The van der Waals surface area contributed by atoms with E-state index in [0.29, 0.717) is 61.1 Å². The van der Waals surface area contributed by atoms with Crippen molar-refractivity contribution in [2.45, 2.75) is 32.2 Å². The number of nitrogens with zero attached hydrogens (tertiary/aromatic N) is 9. The lowest BCUT2D eigenvalue weighted by atomic mass is 10.1. The number of piperazine rings is 1. The first-order valence-electron chi connectivity index (χ1n) is 25.5. The van der Waals surface area contributed by atoms with Gasteiger partial charge in [-0.2, -0.15) is 20.5 Å². The smallest absolute Gasteiger partial charge is 0.231 e. The maximum atomic E-state index is 9.78. The summed E-state index contributed by atoms with van der Waals surface area (Å²) in [5.41, 5.74) is 9.15. The van der Waals surface area contributed by atoms with Crippen LogP contribution in [0.3, 0.4) is 0 Å².